The van der Waals surface area contributed by atoms with E-state index in [-0.39, 0.29) is 16.9 Å². The minimum absolute atomic E-state index is 0.0290. The molecular weight excluding hydrogens is 392 g/mol. The minimum atomic E-state index is -0.147. The van der Waals surface area contributed by atoms with Crippen LogP contribution in [0.15, 0.2) is 12.2 Å². The molecule has 0 unspecified atom stereocenters. The van der Waals surface area contributed by atoms with Gasteiger partial charge < -0.3 is 10.2 Å². The summed E-state index contributed by atoms with van der Waals surface area (Å²) >= 11 is 0. The highest BCUT2D eigenvalue weighted by molar-refractivity contribution is 5.21. The third-order valence-electron chi connectivity index (χ3n) is 13.5. The average molecular weight is 443 g/mol. The first-order chi connectivity index (χ1) is 14.9. The maximum Gasteiger partial charge on any atom is 0.0594 e. The van der Waals surface area contributed by atoms with Gasteiger partial charge in [0.05, 0.1) is 6.10 Å². The van der Waals surface area contributed by atoms with Crippen LogP contribution in [-0.4, -0.2) is 22.9 Å². The first-order valence-corrected chi connectivity index (χ1v) is 13.8. The fourth-order valence-electron chi connectivity index (χ4n) is 11.5. The maximum atomic E-state index is 10.9. The van der Waals surface area contributed by atoms with Gasteiger partial charge in [-0.05, 0) is 128 Å². The molecule has 5 fully saturated rings. The molecule has 0 saturated heterocycles. The summed E-state index contributed by atoms with van der Waals surface area (Å²) in [6.45, 7) is 19.7. The second-order valence-electron chi connectivity index (χ2n) is 14.6. The zero-order chi connectivity index (χ0) is 23.3. The van der Waals surface area contributed by atoms with Gasteiger partial charge in [0.25, 0.3) is 0 Å². The van der Waals surface area contributed by atoms with E-state index in [4.69, 9.17) is 0 Å². The van der Waals surface area contributed by atoms with Crippen molar-refractivity contribution in [3.8, 4) is 0 Å². The van der Waals surface area contributed by atoms with E-state index in [1.165, 1.54) is 63.4 Å². The van der Waals surface area contributed by atoms with Gasteiger partial charge in [-0.1, -0.05) is 46.8 Å². The lowest BCUT2D eigenvalue weighted by Gasteiger charge is -2.73. The quantitative estimate of drug-likeness (QED) is 0.452. The molecule has 0 heterocycles. The third-order valence-corrected chi connectivity index (χ3v) is 13.5. The number of aliphatic hydroxyl groups excluding tert-OH is 2. The van der Waals surface area contributed by atoms with Gasteiger partial charge in [-0.3, -0.25) is 0 Å². The number of rotatable bonds is 2. The van der Waals surface area contributed by atoms with E-state index < -0.39 is 0 Å². The summed E-state index contributed by atoms with van der Waals surface area (Å²) in [5.41, 5.74) is 2.60. The van der Waals surface area contributed by atoms with E-state index in [0.717, 1.165) is 18.3 Å². The van der Waals surface area contributed by atoms with E-state index in [2.05, 4.69) is 48.1 Å². The van der Waals surface area contributed by atoms with Gasteiger partial charge in [0.2, 0.25) is 0 Å². The highest BCUT2D eigenvalue weighted by atomic mass is 16.3. The van der Waals surface area contributed by atoms with Gasteiger partial charge in [-0.2, -0.15) is 0 Å². The van der Waals surface area contributed by atoms with Crippen LogP contribution < -0.4 is 0 Å². The molecule has 0 aromatic rings. The Bertz CT molecular complexity index is 786. The Kier molecular flexibility index (Phi) is 5.19. The molecule has 0 bridgehead atoms. The van der Waals surface area contributed by atoms with Gasteiger partial charge >= 0.3 is 0 Å². The Balaban J connectivity index is 1.55. The second kappa shape index (κ2) is 7.09. The number of fused-ring (bicyclic) bond motifs is 7. The number of aliphatic hydroxyl groups is 2. The standard InChI is InChI=1S/C30H50O2/c1-19(2)20-10-15-30(18-31)17-16-28(6)21(25(20)30)8-9-23-27(5)13-12-24(32)26(3,4)22(27)11-14-29(23,28)7/h20-25,31-32H,1,8-18H2,2-7H3/t20-,21+,22-,23+,24-,25-,27-,28+,29+,30+/m0/s1. The van der Waals surface area contributed by atoms with E-state index in [9.17, 15) is 10.2 Å². The monoisotopic (exact) mass is 442 g/mol. The molecule has 0 aliphatic heterocycles. The summed E-state index contributed by atoms with van der Waals surface area (Å²) < 4.78 is 0. The van der Waals surface area contributed by atoms with Crippen LogP contribution in [0.4, 0.5) is 0 Å². The first kappa shape index (κ1) is 23.4. The van der Waals surface area contributed by atoms with E-state index >= 15 is 0 Å². The molecule has 10 atom stereocenters. The molecule has 0 amide bonds. The minimum Gasteiger partial charge on any atom is -0.396 e. The van der Waals surface area contributed by atoms with E-state index in [1.54, 1.807) is 0 Å². The molecule has 32 heavy (non-hydrogen) atoms. The molecule has 5 aliphatic rings. The summed E-state index contributed by atoms with van der Waals surface area (Å²) in [6.07, 6.45) is 12.2. The Hall–Kier alpha value is -0.340. The molecule has 2 N–H and O–H groups in total. The molecule has 0 spiro atoms. The van der Waals surface area contributed by atoms with Crippen molar-refractivity contribution >= 4 is 0 Å². The lowest BCUT2D eigenvalue weighted by Crippen LogP contribution is -2.66. The van der Waals surface area contributed by atoms with Crippen LogP contribution in [0.3, 0.4) is 0 Å². The summed E-state index contributed by atoms with van der Waals surface area (Å²) in [5.74, 6) is 3.33. The van der Waals surface area contributed by atoms with Crippen molar-refractivity contribution in [2.24, 2.45) is 56.7 Å². The fourth-order valence-corrected chi connectivity index (χ4v) is 11.5. The highest BCUT2D eigenvalue weighted by Gasteiger charge is 2.70. The SMILES string of the molecule is C=C(C)[C@@H]1CC[C@]2(CO)CC[C@]3(C)[C@H](CC[C@@H]4[C@@]5(C)CC[C@H](O)C(C)(C)[C@@H]5CC[C@]43C)[C@H]12. The van der Waals surface area contributed by atoms with Gasteiger partial charge in [-0.25, -0.2) is 0 Å². The molecule has 5 aliphatic carbocycles. The van der Waals surface area contributed by atoms with Crippen LogP contribution in [0, 0.1) is 56.7 Å². The Morgan fingerprint density at radius 3 is 2.19 bits per heavy atom. The lowest BCUT2D eigenvalue weighted by atomic mass is 9.32. The van der Waals surface area contributed by atoms with Crippen molar-refractivity contribution in [2.45, 2.75) is 112 Å². The summed E-state index contributed by atoms with van der Waals surface area (Å²) in [5, 5.41) is 21.5. The van der Waals surface area contributed by atoms with E-state index in [1.807, 2.05) is 0 Å². The predicted octanol–water partition coefficient (Wildman–Crippen LogP) is 7.00. The van der Waals surface area contributed by atoms with Gasteiger partial charge in [-0.15, -0.1) is 0 Å². The molecule has 5 saturated carbocycles. The van der Waals surface area contributed by atoms with Crippen molar-refractivity contribution in [1.82, 2.24) is 0 Å². The summed E-state index contributed by atoms with van der Waals surface area (Å²) in [6, 6.07) is 0. The number of hydrogen-bond acceptors (Lipinski definition) is 2. The van der Waals surface area contributed by atoms with Gasteiger partial charge in [0.15, 0.2) is 0 Å². The van der Waals surface area contributed by atoms with Crippen LogP contribution in [-0.2, 0) is 0 Å². The normalized spacial score (nSPS) is 56.5. The van der Waals surface area contributed by atoms with Crippen molar-refractivity contribution in [3.63, 3.8) is 0 Å². The molecule has 0 aromatic carbocycles. The number of allylic oxidation sites excluding steroid dienone is 1. The van der Waals surface area contributed by atoms with E-state index in [0.29, 0.717) is 40.6 Å². The highest BCUT2D eigenvalue weighted by Crippen LogP contribution is 2.77. The first-order valence-electron chi connectivity index (χ1n) is 13.8. The second-order valence-corrected chi connectivity index (χ2v) is 14.6. The zero-order valence-electron chi connectivity index (χ0n) is 21.8. The Morgan fingerprint density at radius 2 is 1.53 bits per heavy atom. The van der Waals surface area contributed by atoms with Crippen LogP contribution in [0.25, 0.3) is 0 Å². The van der Waals surface area contributed by atoms with Crippen molar-refractivity contribution < 1.29 is 10.2 Å². The summed E-state index contributed by atoms with van der Waals surface area (Å²) in [4.78, 5) is 0. The molecule has 2 heteroatoms. The van der Waals surface area contributed by atoms with Gasteiger partial charge in [0.1, 0.15) is 0 Å². The lowest BCUT2D eigenvalue weighted by molar-refractivity contribution is -0.249. The molecule has 182 valence electrons. The predicted molar refractivity (Wildman–Crippen MR) is 132 cm³/mol. The van der Waals surface area contributed by atoms with Crippen LogP contribution in [0.1, 0.15) is 106 Å². The van der Waals surface area contributed by atoms with Crippen LogP contribution in [0.2, 0.25) is 0 Å². The zero-order valence-corrected chi connectivity index (χ0v) is 21.8. The van der Waals surface area contributed by atoms with Crippen LogP contribution in [0.5, 0.6) is 0 Å². The summed E-state index contributed by atoms with van der Waals surface area (Å²) in [7, 11) is 0. The largest absolute Gasteiger partial charge is 0.396 e. The molecular formula is C30H50O2. The van der Waals surface area contributed by atoms with Crippen molar-refractivity contribution in [2.75, 3.05) is 6.61 Å². The molecule has 2 nitrogen and oxygen atoms in total. The number of hydrogen-bond donors (Lipinski definition) is 2. The topological polar surface area (TPSA) is 40.5 Å². The fraction of sp³-hybridized carbons (Fsp3) is 0.933. The molecule has 5 rings (SSSR count). The maximum absolute atomic E-state index is 10.9. The molecule has 0 aromatic heterocycles. The van der Waals surface area contributed by atoms with Crippen LogP contribution >= 0.6 is 0 Å². The van der Waals surface area contributed by atoms with Crippen molar-refractivity contribution in [1.29, 1.82) is 0 Å². The Morgan fingerprint density at radius 1 is 0.812 bits per heavy atom. The third kappa shape index (κ3) is 2.66. The van der Waals surface area contributed by atoms with Crippen molar-refractivity contribution in [3.05, 3.63) is 12.2 Å². The van der Waals surface area contributed by atoms with Gasteiger partial charge in [0, 0.05) is 6.61 Å². The average Bonchev–Trinajstić information content (AvgIpc) is 3.12. The smallest absolute Gasteiger partial charge is 0.0594 e. The molecule has 0 radical (unpaired) electrons. The Labute approximate surface area is 197 Å².